The van der Waals surface area contributed by atoms with Crippen molar-refractivity contribution in [2.75, 3.05) is 0 Å². The van der Waals surface area contributed by atoms with E-state index in [9.17, 15) is 5.11 Å². The van der Waals surface area contributed by atoms with Crippen LogP contribution in [0.2, 0.25) is 0 Å². The van der Waals surface area contributed by atoms with E-state index in [4.69, 9.17) is 0 Å². The highest BCUT2D eigenvalue weighted by atomic mass is 16.3. The van der Waals surface area contributed by atoms with Crippen LogP contribution in [0.5, 0.6) is 5.75 Å². The van der Waals surface area contributed by atoms with Crippen LogP contribution in [0.15, 0.2) is 54.6 Å². The summed E-state index contributed by atoms with van der Waals surface area (Å²) in [6.45, 7) is 3.86. The van der Waals surface area contributed by atoms with Crippen molar-refractivity contribution in [3.63, 3.8) is 0 Å². The Kier molecular flexibility index (Phi) is 3.03. The highest BCUT2D eigenvalue weighted by Gasteiger charge is 2.17. The van der Waals surface area contributed by atoms with Crippen molar-refractivity contribution in [1.29, 1.82) is 0 Å². The Hall–Kier alpha value is -2.55. The minimum atomic E-state index is 0.234. The van der Waals surface area contributed by atoms with Gasteiger partial charge >= 0.3 is 0 Å². The molecular formula is C17H16N2O. The third kappa shape index (κ3) is 2.07. The Morgan fingerprint density at radius 2 is 1.55 bits per heavy atom. The first kappa shape index (κ1) is 12.5. The molecule has 0 bridgehead atoms. The maximum Gasteiger partial charge on any atom is 0.165 e. The summed E-state index contributed by atoms with van der Waals surface area (Å²) in [6.07, 6.45) is 0. The number of para-hydroxylation sites is 1. The molecule has 1 heterocycles. The van der Waals surface area contributed by atoms with E-state index in [2.05, 4.69) is 5.10 Å². The van der Waals surface area contributed by atoms with Crippen molar-refractivity contribution in [2.45, 2.75) is 13.8 Å². The topological polar surface area (TPSA) is 38.1 Å². The second-order valence-corrected chi connectivity index (χ2v) is 4.90. The lowest BCUT2D eigenvalue weighted by atomic mass is 10.1. The number of benzene rings is 2. The Morgan fingerprint density at radius 3 is 2.20 bits per heavy atom. The van der Waals surface area contributed by atoms with E-state index in [0.717, 1.165) is 16.9 Å². The van der Waals surface area contributed by atoms with Gasteiger partial charge in [0.25, 0.3) is 0 Å². The number of aromatic nitrogens is 2. The van der Waals surface area contributed by atoms with E-state index < -0.39 is 0 Å². The standard InChI is InChI=1S/C17H16N2O/c1-12-8-10-14(11-9-12)16-17(20)13(2)18-19(16)15-6-4-3-5-7-15/h3-11,20H,1-2H3. The second kappa shape index (κ2) is 4.85. The van der Waals surface area contributed by atoms with Crippen LogP contribution in [0.4, 0.5) is 0 Å². The molecule has 3 heteroatoms. The van der Waals surface area contributed by atoms with E-state index in [1.165, 1.54) is 5.56 Å². The van der Waals surface area contributed by atoms with Gasteiger partial charge in [-0.1, -0.05) is 48.0 Å². The minimum absolute atomic E-state index is 0.234. The Bertz CT molecular complexity index is 728. The van der Waals surface area contributed by atoms with Gasteiger partial charge < -0.3 is 5.11 Å². The zero-order valence-electron chi connectivity index (χ0n) is 11.5. The summed E-state index contributed by atoms with van der Waals surface area (Å²) >= 11 is 0. The molecule has 0 aliphatic carbocycles. The molecule has 2 aromatic carbocycles. The third-order valence-electron chi connectivity index (χ3n) is 3.35. The van der Waals surface area contributed by atoms with Gasteiger partial charge in [0.2, 0.25) is 0 Å². The zero-order valence-corrected chi connectivity index (χ0v) is 11.5. The molecule has 0 amide bonds. The SMILES string of the molecule is Cc1ccc(-c2c(O)c(C)nn2-c2ccccc2)cc1. The quantitative estimate of drug-likeness (QED) is 0.763. The molecule has 1 aromatic heterocycles. The maximum absolute atomic E-state index is 10.3. The number of nitrogens with zero attached hydrogens (tertiary/aromatic N) is 2. The predicted octanol–water partition coefficient (Wildman–Crippen LogP) is 3.86. The fourth-order valence-electron chi connectivity index (χ4n) is 2.25. The van der Waals surface area contributed by atoms with Crippen LogP contribution in [0.25, 0.3) is 16.9 Å². The van der Waals surface area contributed by atoms with Gasteiger partial charge in [0.1, 0.15) is 11.4 Å². The largest absolute Gasteiger partial charge is 0.504 e. The molecule has 3 nitrogen and oxygen atoms in total. The molecule has 0 fully saturated rings. The van der Waals surface area contributed by atoms with E-state index in [0.29, 0.717) is 5.69 Å². The lowest BCUT2D eigenvalue weighted by Gasteiger charge is -2.08. The van der Waals surface area contributed by atoms with Gasteiger partial charge in [-0.05, 0) is 26.0 Å². The van der Waals surface area contributed by atoms with Crippen LogP contribution in [0.1, 0.15) is 11.3 Å². The van der Waals surface area contributed by atoms with Crippen LogP contribution in [0.3, 0.4) is 0 Å². The van der Waals surface area contributed by atoms with Crippen molar-refractivity contribution < 1.29 is 5.11 Å². The minimum Gasteiger partial charge on any atom is -0.504 e. The average Bonchev–Trinajstić information content (AvgIpc) is 2.77. The van der Waals surface area contributed by atoms with Gasteiger partial charge in [0.15, 0.2) is 5.75 Å². The highest BCUT2D eigenvalue weighted by Crippen LogP contribution is 2.33. The monoisotopic (exact) mass is 264 g/mol. The molecule has 0 unspecified atom stereocenters. The number of aryl methyl sites for hydroxylation is 2. The Morgan fingerprint density at radius 1 is 0.900 bits per heavy atom. The molecule has 0 aliphatic rings. The van der Waals surface area contributed by atoms with Crippen LogP contribution in [0, 0.1) is 13.8 Å². The first-order valence-electron chi connectivity index (χ1n) is 6.58. The summed E-state index contributed by atoms with van der Waals surface area (Å²) in [5.74, 6) is 0.234. The van der Waals surface area contributed by atoms with E-state index >= 15 is 0 Å². The number of aromatic hydroxyl groups is 1. The maximum atomic E-state index is 10.3. The normalized spacial score (nSPS) is 10.7. The highest BCUT2D eigenvalue weighted by molar-refractivity contribution is 5.70. The summed E-state index contributed by atoms with van der Waals surface area (Å²) in [6, 6.07) is 17.9. The van der Waals surface area contributed by atoms with Gasteiger partial charge in [-0.25, -0.2) is 4.68 Å². The van der Waals surface area contributed by atoms with Crippen LogP contribution < -0.4 is 0 Å². The molecule has 100 valence electrons. The van der Waals surface area contributed by atoms with Gasteiger partial charge in [-0.3, -0.25) is 0 Å². The third-order valence-corrected chi connectivity index (χ3v) is 3.35. The summed E-state index contributed by atoms with van der Waals surface area (Å²) in [7, 11) is 0. The first-order chi connectivity index (χ1) is 9.66. The van der Waals surface area contributed by atoms with Gasteiger partial charge in [0, 0.05) is 5.56 Å². The smallest absolute Gasteiger partial charge is 0.165 e. The summed E-state index contributed by atoms with van der Waals surface area (Å²) < 4.78 is 1.79. The van der Waals surface area contributed by atoms with Crippen molar-refractivity contribution in [1.82, 2.24) is 9.78 Å². The molecule has 3 rings (SSSR count). The fraction of sp³-hybridized carbons (Fsp3) is 0.118. The van der Waals surface area contributed by atoms with Gasteiger partial charge in [-0.2, -0.15) is 5.10 Å². The summed E-state index contributed by atoms with van der Waals surface area (Å²) in [5.41, 5.74) is 4.44. The van der Waals surface area contributed by atoms with Crippen LogP contribution in [-0.4, -0.2) is 14.9 Å². The lowest BCUT2D eigenvalue weighted by Crippen LogP contribution is -1.98. The number of hydrogen-bond donors (Lipinski definition) is 1. The van der Waals surface area contributed by atoms with E-state index in [-0.39, 0.29) is 5.75 Å². The van der Waals surface area contributed by atoms with E-state index in [1.807, 2.05) is 68.4 Å². The lowest BCUT2D eigenvalue weighted by molar-refractivity contribution is 0.473. The predicted molar refractivity (Wildman–Crippen MR) is 80.1 cm³/mol. The van der Waals surface area contributed by atoms with Crippen molar-refractivity contribution >= 4 is 0 Å². The molecule has 20 heavy (non-hydrogen) atoms. The zero-order chi connectivity index (χ0) is 14.1. The summed E-state index contributed by atoms with van der Waals surface area (Å²) in [5, 5.41) is 14.8. The van der Waals surface area contributed by atoms with Crippen LogP contribution >= 0.6 is 0 Å². The molecule has 0 radical (unpaired) electrons. The Balaban J connectivity index is 2.22. The summed E-state index contributed by atoms with van der Waals surface area (Å²) in [4.78, 5) is 0. The molecule has 0 atom stereocenters. The van der Waals surface area contributed by atoms with Crippen molar-refractivity contribution in [3.8, 4) is 22.7 Å². The van der Waals surface area contributed by atoms with Crippen molar-refractivity contribution in [3.05, 3.63) is 65.9 Å². The fourth-order valence-corrected chi connectivity index (χ4v) is 2.25. The number of rotatable bonds is 2. The van der Waals surface area contributed by atoms with E-state index in [1.54, 1.807) is 4.68 Å². The molecule has 3 aromatic rings. The van der Waals surface area contributed by atoms with Crippen LogP contribution in [-0.2, 0) is 0 Å². The molecule has 1 N–H and O–H groups in total. The molecule has 0 spiro atoms. The first-order valence-corrected chi connectivity index (χ1v) is 6.58. The van der Waals surface area contributed by atoms with Crippen molar-refractivity contribution in [2.24, 2.45) is 0 Å². The molecule has 0 saturated heterocycles. The van der Waals surface area contributed by atoms with Gasteiger partial charge in [-0.15, -0.1) is 0 Å². The average molecular weight is 264 g/mol. The van der Waals surface area contributed by atoms with Gasteiger partial charge in [0.05, 0.1) is 5.69 Å². The second-order valence-electron chi connectivity index (χ2n) is 4.90. The molecular weight excluding hydrogens is 248 g/mol. The molecule has 0 saturated carbocycles. The Labute approximate surface area is 118 Å². The number of hydrogen-bond acceptors (Lipinski definition) is 2. The molecule has 0 aliphatic heterocycles.